The van der Waals surface area contributed by atoms with Crippen molar-refractivity contribution < 1.29 is 4.74 Å². The normalized spacial score (nSPS) is 25.4. The van der Waals surface area contributed by atoms with E-state index in [0.717, 1.165) is 13.0 Å². The van der Waals surface area contributed by atoms with Crippen molar-refractivity contribution in [3.63, 3.8) is 0 Å². The maximum Gasteiger partial charge on any atom is 0.0944 e. The fourth-order valence-corrected chi connectivity index (χ4v) is 0.901. The van der Waals surface area contributed by atoms with Gasteiger partial charge in [-0.2, -0.15) is 5.26 Å². The molecule has 0 aliphatic carbocycles. The van der Waals surface area contributed by atoms with E-state index in [1.54, 1.807) is 0 Å². The Labute approximate surface area is 54.7 Å². The molecule has 0 amide bonds. The average Bonchev–Trinajstić information content (AvgIpc) is 2.37. The minimum absolute atomic E-state index is 0.301. The Morgan fingerprint density at radius 1 is 1.78 bits per heavy atom. The van der Waals surface area contributed by atoms with Gasteiger partial charge in [0.15, 0.2) is 0 Å². The molecule has 2 heteroatoms. The largest absolute Gasteiger partial charge is 0.381 e. The molecule has 2 nitrogen and oxygen atoms in total. The summed E-state index contributed by atoms with van der Waals surface area (Å²) < 4.78 is 5.07. The molecule has 9 heavy (non-hydrogen) atoms. The van der Waals surface area contributed by atoms with Crippen LogP contribution >= 0.6 is 0 Å². The molecule has 0 spiro atoms. The van der Waals surface area contributed by atoms with Crippen LogP contribution in [0.25, 0.3) is 0 Å². The first-order valence-electron chi connectivity index (χ1n) is 3.01. The van der Waals surface area contributed by atoms with Crippen LogP contribution in [0.5, 0.6) is 0 Å². The van der Waals surface area contributed by atoms with Crippen LogP contribution < -0.4 is 0 Å². The molecule has 0 N–H and O–H groups in total. The zero-order chi connectivity index (χ0) is 6.69. The third-order valence-electron chi connectivity index (χ3n) is 1.57. The van der Waals surface area contributed by atoms with Gasteiger partial charge in [-0.1, -0.05) is 6.58 Å². The highest BCUT2D eigenvalue weighted by molar-refractivity contribution is 5.20. The number of hydrogen-bond acceptors (Lipinski definition) is 2. The van der Waals surface area contributed by atoms with Crippen LogP contribution in [-0.4, -0.2) is 13.2 Å². The Morgan fingerprint density at radius 2 is 2.56 bits per heavy atom. The lowest BCUT2D eigenvalue weighted by molar-refractivity contribution is 0.190. The molecule has 0 radical (unpaired) electrons. The highest BCUT2D eigenvalue weighted by atomic mass is 16.5. The van der Waals surface area contributed by atoms with Gasteiger partial charge in [-0.3, -0.25) is 0 Å². The maximum absolute atomic E-state index is 8.39. The summed E-state index contributed by atoms with van der Waals surface area (Å²) in [6.07, 6.45) is 0.965. The van der Waals surface area contributed by atoms with E-state index in [9.17, 15) is 0 Å². The minimum Gasteiger partial charge on any atom is -0.381 e. The van der Waals surface area contributed by atoms with Crippen LogP contribution in [0, 0.1) is 17.2 Å². The van der Waals surface area contributed by atoms with Crippen molar-refractivity contribution in [2.45, 2.75) is 6.42 Å². The van der Waals surface area contributed by atoms with Crippen LogP contribution in [-0.2, 0) is 4.74 Å². The monoisotopic (exact) mass is 123 g/mol. The van der Waals surface area contributed by atoms with Gasteiger partial charge in [-0.05, 0) is 6.42 Å². The lowest BCUT2D eigenvalue weighted by Crippen LogP contribution is -1.99. The predicted octanol–water partition coefficient (Wildman–Crippen LogP) is 1.10. The summed E-state index contributed by atoms with van der Waals surface area (Å²) in [7, 11) is 0. The van der Waals surface area contributed by atoms with Crippen molar-refractivity contribution in [3.05, 3.63) is 12.2 Å². The lowest BCUT2D eigenvalue weighted by Gasteiger charge is -2.00. The number of rotatable bonds is 1. The van der Waals surface area contributed by atoms with E-state index in [0.29, 0.717) is 18.1 Å². The van der Waals surface area contributed by atoms with Gasteiger partial charge in [0, 0.05) is 18.1 Å². The van der Waals surface area contributed by atoms with Crippen LogP contribution in [0.4, 0.5) is 0 Å². The Morgan fingerprint density at radius 3 is 3.00 bits per heavy atom. The molecule has 1 heterocycles. The van der Waals surface area contributed by atoms with Gasteiger partial charge < -0.3 is 4.74 Å². The number of ether oxygens (including phenoxy) is 1. The molecule has 0 saturated carbocycles. The van der Waals surface area contributed by atoms with Crippen molar-refractivity contribution in [2.24, 2.45) is 5.92 Å². The third-order valence-corrected chi connectivity index (χ3v) is 1.57. The van der Waals surface area contributed by atoms with Crippen LogP contribution in [0.2, 0.25) is 0 Å². The average molecular weight is 123 g/mol. The van der Waals surface area contributed by atoms with Crippen LogP contribution in [0.15, 0.2) is 12.2 Å². The van der Waals surface area contributed by atoms with Gasteiger partial charge >= 0.3 is 0 Å². The highest BCUT2D eigenvalue weighted by Gasteiger charge is 2.17. The summed E-state index contributed by atoms with van der Waals surface area (Å²) >= 11 is 0. The number of nitrogens with zero attached hydrogens (tertiary/aromatic N) is 1. The molecule has 0 bridgehead atoms. The molecule has 1 unspecified atom stereocenters. The van der Waals surface area contributed by atoms with Gasteiger partial charge in [-0.25, -0.2) is 0 Å². The second-order valence-electron chi connectivity index (χ2n) is 2.20. The molecule has 0 aromatic heterocycles. The van der Waals surface area contributed by atoms with Gasteiger partial charge in [0.2, 0.25) is 0 Å². The van der Waals surface area contributed by atoms with Gasteiger partial charge in [0.1, 0.15) is 0 Å². The smallest absolute Gasteiger partial charge is 0.0944 e. The summed E-state index contributed by atoms with van der Waals surface area (Å²) in [5.74, 6) is 0.301. The zero-order valence-corrected chi connectivity index (χ0v) is 5.26. The van der Waals surface area contributed by atoms with Crippen LogP contribution in [0.1, 0.15) is 6.42 Å². The van der Waals surface area contributed by atoms with E-state index in [4.69, 9.17) is 10.00 Å². The van der Waals surface area contributed by atoms with Crippen molar-refractivity contribution in [3.8, 4) is 6.07 Å². The molecule has 0 aromatic rings. The third kappa shape index (κ3) is 1.30. The van der Waals surface area contributed by atoms with E-state index in [-0.39, 0.29) is 0 Å². The second kappa shape index (κ2) is 2.65. The first-order chi connectivity index (χ1) is 4.34. The van der Waals surface area contributed by atoms with Crippen molar-refractivity contribution in [1.29, 1.82) is 5.26 Å². The van der Waals surface area contributed by atoms with Gasteiger partial charge in [0.05, 0.1) is 12.7 Å². The molecular formula is C7H9NO. The van der Waals surface area contributed by atoms with Crippen molar-refractivity contribution >= 4 is 0 Å². The highest BCUT2D eigenvalue weighted by Crippen LogP contribution is 2.18. The molecular weight excluding hydrogens is 114 g/mol. The SMILES string of the molecule is C=C(C#N)C1CCOC1. The predicted molar refractivity (Wildman–Crippen MR) is 33.7 cm³/mol. The Bertz CT molecular complexity index is 151. The molecule has 1 fully saturated rings. The lowest BCUT2D eigenvalue weighted by atomic mass is 10.0. The Balaban J connectivity index is 2.44. The van der Waals surface area contributed by atoms with Gasteiger partial charge in [-0.15, -0.1) is 0 Å². The first kappa shape index (κ1) is 6.31. The molecule has 48 valence electrons. The first-order valence-corrected chi connectivity index (χ1v) is 3.01. The second-order valence-corrected chi connectivity index (χ2v) is 2.20. The number of hydrogen-bond donors (Lipinski definition) is 0. The molecule has 1 aliphatic rings. The number of nitriles is 1. The van der Waals surface area contributed by atoms with E-state index in [2.05, 4.69) is 6.58 Å². The van der Waals surface area contributed by atoms with Crippen LogP contribution in [0.3, 0.4) is 0 Å². The molecule has 1 atom stereocenters. The standard InChI is InChI=1S/C7H9NO/c1-6(4-8)7-2-3-9-5-7/h7H,1-3,5H2. The van der Waals surface area contributed by atoms with Crippen molar-refractivity contribution in [2.75, 3.05) is 13.2 Å². The molecule has 1 saturated heterocycles. The Hall–Kier alpha value is -0.810. The summed E-state index contributed by atoms with van der Waals surface area (Å²) in [6, 6.07) is 2.03. The van der Waals surface area contributed by atoms with E-state index < -0.39 is 0 Å². The summed E-state index contributed by atoms with van der Waals surface area (Å²) in [5, 5.41) is 8.39. The maximum atomic E-state index is 8.39. The quantitative estimate of drug-likeness (QED) is 0.489. The Kier molecular flexibility index (Phi) is 1.86. The van der Waals surface area contributed by atoms with Crippen molar-refractivity contribution in [1.82, 2.24) is 0 Å². The molecule has 1 aliphatic heterocycles. The minimum atomic E-state index is 0.301. The van der Waals surface area contributed by atoms with E-state index in [1.165, 1.54) is 0 Å². The zero-order valence-electron chi connectivity index (χ0n) is 5.26. The van der Waals surface area contributed by atoms with E-state index in [1.807, 2.05) is 6.07 Å². The van der Waals surface area contributed by atoms with Gasteiger partial charge in [0.25, 0.3) is 0 Å². The fraction of sp³-hybridized carbons (Fsp3) is 0.571. The molecule has 1 rings (SSSR count). The molecule has 0 aromatic carbocycles. The van der Waals surface area contributed by atoms with E-state index >= 15 is 0 Å². The topological polar surface area (TPSA) is 33.0 Å². The summed E-state index contributed by atoms with van der Waals surface area (Å²) in [6.45, 7) is 5.08. The fourth-order valence-electron chi connectivity index (χ4n) is 0.901. The summed E-state index contributed by atoms with van der Waals surface area (Å²) in [5.41, 5.74) is 0.660. The summed E-state index contributed by atoms with van der Waals surface area (Å²) in [4.78, 5) is 0.